The molecular weight excluding hydrogens is 889 g/mol. The van der Waals surface area contributed by atoms with Crippen LogP contribution >= 0.6 is 30.3 Å². The molecule has 0 spiro atoms. The number of methoxy groups -OCH3 is 1. The lowest BCUT2D eigenvalue weighted by Crippen LogP contribution is -2.58. The molecule has 64 heavy (non-hydrogen) atoms. The number of alkyl carbamates (subject to hydrolysis) is 1. The lowest BCUT2D eigenvalue weighted by molar-refractivity contribution is -0.142. The number of nitrogens with zero attached hydrogens (tertiary/aromatic N) is 3. The zero-order valence-corrected chi connectivity index (χ0v) is 39.0. The summed E-state index contributed by atoms with van der Waals surface area (Å²) in [5.74, 6) is -3.13. The molecule has 6 atom stereocenters. The van der Waals surface area contributed by atoms with Gasteiger partial charge in [-0.25, -0.2) is 23.5 Å². The van der Waals surface area contributed by atoms with Gasteiger partial charge in [0.25, 0.3) is 0 Å². The zero-order valence-electron chi connectivity index (χ0n) is 36.6. The molecule has 4 N–H and O–H groups in total. The second-order valence-corrected chi connectivity index (χ2v) is 21.9. The number of hydrogen-bond donors (Lipinski definition) is 4. The number of amides is 3. The fourth-order valence-corrected chi connectivity index (χ4v) is 12.0. The van der Waals surface area contributed by atoms with E-state index < -0.39 is 88.5 Å². The van der Waals surface area contributed by atoms with Crippen molar-refractivity contribution in [2.45, 2.75) is 115 Å². The molecular formula is C45H54ClF2N6O8PS. The van der Waals surface area contributed by atoms with Gasteiger partial charge in [0, 0.05) is 46.8 Å². The largest absolute Gasteiger partial charge is 0.497 e. The Bertz CT molecular complexity index is 2500. The molecule has 14 nitrogen and oxygen atoms in total. The average Bonchev–Trinajstić information content (AvgIpc) is 3.63. The first-order chi connectivity index (χ1) is 30.2. The highest BCUT2D eigenvalue weighted by Crippen LogP contribution is 2.71. The molecule has 19 heteroatoms. The molecule has 4 aromatic rings. The lowest BCUT2D eigenvalue weighted by Gasteiger charge is -2.36. The van der Waals surface area contributed by atoms with Crippen molar-refractivity contribution in [3.8, 4) is 22.9 Å². The molecule has 3 fully saturated rings. The average molecular weight is 943 g/mol. The number of fused-ring (bicyclic) bond motifs is 1. The van der Waals surface area contributed by atoms with Gasteiger partial charge in [-0.2, -0.15) is 0 Å². The Morgan fingerprint density at radius 1 is 1.09 bits per heavy atom. The third-order valence-corrected chi connectivity index (χ3v) is 15.8. The van der Waals surface area contributed by atoms with Crippen molar-refractivity contribution in [2.24, 2.45) is 11.3 Å². The van der Waals surface area contributed by atoms with Crippen molar-refractivity contribution in [2.75, 3.05) is 19.0 Å². The molecule has 3 aliphatic rings. The third-order valence-electron chi connectivity index (χ3n) is 12.0. The molecule has 1 aliphatic heterocycles. The van der Waals surface area contributed by atoms with Crippen LogP contribution in [0, 0.1) is 23.0 Å². The predicted molar refractivity (Wildman–Crippen MR) is 242 cm³/mol. The minimum Gasteiger partial charge on any atom is -0.497 e. The van der Waals surface area contributed by atoms with Crippen molar-refractivity contribution in [3.63, 3.8) is 0 Å². The Balaban J connectivity index is 1.23. The van der Waals surface area contributed by atoms with E-state index in [1.165, 1.54) is 22.3 Å². The second-order valence-electron chi connectivity index (χ2n) is 18.1. The van der Waals surface area contributed by atoms with Crippen LogP contribution in [0.4, 0.5) is 18.7 Å². The molecule has 2 aromatic carbocycles. The van der Waals surface area contributed by atoms with Crippen LogP contribution in [-0.4, -0.2) is 86.9 Å². The van der Waals surface area contributed by atoms with Crippen LogP contribution in [0.3, 0.4) is 0 Å². The van der Waals surface area contributed by atoms with Crippen molar-refractivity contribution in [3.05, 3.63) is 76.7 Å². The summed E-state index contributed by atoms with van der Waals surface area (Å²) in [5.41, 5.74) is 0.249. The first-order valence-corrected chi connectivity index (χ1v) is 24.4. The number of carbonyl (C=O) groups is 3. The van der Waals surface area contributed by atoms with Crippen molar-refractivity contribution < 1.29 is 46.8 Å². The van der Waals surface area contributed by atoms with Gasteiger partial charge in [0.05, 0.1) is 36.0 Å². The second kappa shape index (κ2) is 18.6. The Morgan fingerprint density at radius 2 is 1.81 bits per heavy atom. The van der Waals surface area contributed by atoms with Gasteiger partial charge in [-0.1, -0.05) is 38.4 Å². The molecule has 2 unspecified atom stereocenters. The summed E-state index contributed by atoms with van der Waals surface area (Å²) in [6.07, 6.45) is 1.82. The quantitative estimate of drug-likeness (QED) is 0.0507. The van der Waals surface area contributed by atoms with Crippen LogP contribution in [-0.2, 0) is 25.1 Å². The van der Waals surface area contributed by atoms with E-state index in [0.717, 1.165) is 25.0 Å². The zero-order chi connectivity index (χ0) is 46.3. The predicted octanol–water partition coefficient (Wildman–Crippen LogP) is 9.04. The van der Waals surface area contributed by atoms with E-state index in [4.69, 9.17) is 35.8 Å². The molecule has 2 saturated carbocycles. The van der Waals surface area contributed by atoms with Gasteiger partial charge in [-0.3, -0.25) is 14.2 Å². The number of rotatable bonds is 15. The summed E-state index contributed by atoms with van der Waals surface area (Å²) >= 11 is 7.51. The van der Waals surface area contributed by atoms with E-state index >= 15 is 0 Å². The maximum atomic E-state index is 15.0. The van der Waals surface area contributed by atoms with Crippen LogP contribution in [0.15, 0.2) is 54.4 Å². The summed E-state index contributed by atoms with van der Waals surface area (Å²) in [5, 5.41) is 9.56. The van der Waals surface area contributed by atoms with Crippen LogP contribution in [0.5, 0.6) is 11.5 Å². The first kappa shape index (κ1) is 47.1. The minimum absolute atomic E-state index is 0.0371. The molecule has 1 saturated heterocycles. The SMILES string of the molecule is C=C[C@@H]1C[C@]1(NC(=O)[C@@H]1C[C@@H](Oc2cc(-c3csc(NC(C)C)n3)nc3cc(OC)ccc23)CN1C(=O)C(NC(=O)OC1CCCC1)C(C)(C)C)P(=O)(O)Cc1c(F)ccc(F)c1Cl. The Hall–Kier alpha value is -4.83. The fraction of sp³-hybridized carbons (Fsp3) is 0.489. The molecule has 0 bridgehead atoms. The van der Waals surface area contributed by atoms with Crippen LogP contribution in [0.1, 0.15) is 78.7 Å². The van der Waals surface area contributed by atoms with E-state index in [9.17, 15) is 32.6 Å². The number of thiazole rings is 1. The summed E-state index contributed by atoms with van der Waals surface area (Å²) in [6, 6.07) is 6.37. The Labute approximate surface area is 379 Å². The summed E-state index contributed by atoms with van der Waals surface area (Å²) in [4.78, 5) is 65.6. The molecule has 0 radical (unpaired) electrons. The Morgan fingerprint density at radius 3 is 2.47 bits per heavy atom. The Kier molecular flexibility index (Phi) is 13.7. The molecule has 344 valence electrons. The summed E-state index contributed by atoms with van der Waals surface area (Å²) < 4.78 is 61.7. The van der Waals surface area contributed by atoms with Crippen molar-refractivity contribution >= 4 is 64.2 Å². The maximum Gasteiger partial charge on any atom is 0.408 e. The number of halogens is 3. The molecule has 7 rings (SSSR count). The first-order valence-electron chi connectivity index (χ1n) is 21.3. The number of pyridine rings is 1. The molecule has 3 amide bonds. The molecule has 3 heterocycles. The fourth-order valence-electron chi connectivity index (χ4n) is 8.47. The van der Waals surface area contributed by atoms with E-state index in [0.29, 0.717) is 51.8 Å². The molecule has 2 aliphatic carbocycles. The minimum atomic E-state index is -4.64. The van der Waals surface area contributed by atoms with Crippen LogP contribution in [0.25, 0.3) is 22.3 Å². The number of anilines is 1. The molecule has 2 aromatic heterocycles. The van der Waals surface area contributed by atoms with Gasteiger partial charge in [-0.05, 0) is 75.6 Å². The van der Waals surface area contributed by atoms with E-state index in [2.05, 4.69) is 22.5 Å². The number of nitrogens with one attached hydrogen (secondary N) is 3. The highest BCUT2D eigenvalue weighted by Gasteiger charge is 2.66. The topological polar surface area (TPSA) is 181 Å². The normalized spacial score (nSPS) is 22.5. The highest BCUT2D eigenvalue weighted by atomic mass is 35.5. The van der Waals surface area contributed by atoms with E-state index in [1.807, 2.05) is 19.2 Å². The lowest BCUT2D eigenvalue weighted by atomic mass is 9.85. The number of ether oxygens (including phenoxy) is 3. The number of hydrogen-bond acceptors (Lipinski definition) is 11. The maximum absolute atomic E-state index is 15.0. The van der Waals surface area contributed by atoms with Gasteiger partial charge >= 0.3 is 6.09 Å². The van der Waals surface area contributed by atoms with Gasteiger partial charge in [0.15, 0.2) is 5.13 Å². The van der Waals surface area contributed by atoms with Gasteiger partial charge < -0.3 is 40.0 Å². The number of carbonyl (C=O) groups excluding carboxylic acids is 3. The highest BCUT2D eigenvalue weighted by molar-refractivity contribution is 7.59. The van der Waals surface area contributed by atoms with Crippen molar-refractivity contribution in [1.29, 1.82) is 0 Å². The summed E-state index contributed by atoms with van der Waals surface area (Å²) in [6.45, 7) is 13.0. The smallest absolute Gasteiger partial charge is 0.408 e. The summed E-state index contributed by atoms with van der Waals surface area (Å²) in [7, 11) is -3.10. The van der Waals surface area contributed by atoms with Gasteiger partial charge in [0.1, 0.15) is 58.4 Å². The number of benzene rings is 2. The van der Waals surface area contributed by atoms with Gasteiger partial charge in [0.2, 0.25) is 19.2 Å². The van der Waals surface area contributed by atoms with Crippen LogP contribution in [0.2, 0.25) is 5.02 Å². The number of aromatic nitrogens is 2. The van der Waals surface area contributed by atoms with Crippen molar-refractivity contribution in [1.82, 2.24) is 25.5 Å². The monoisotopic (exact) mass is 942 g/mol. The number of likely N-dealkylation sites (tertiary alicyclic amines) is 1. The van der Waals surface area contributed by atoms with E-state index in [-0.39, 0.29) is 31.5 Å². The van der Waals surface area contributed by atoms with E-state index in [1.54, 1.807) is 52.1 Å². The van der Waals surface area contributed by atoms with Crippen LogP contribution < -0.4 is 25.4 Å². The third kappa shape index (κ3) is 9.87. The standard InChI is InChI=1S/C45H54ClF2N6O8PS/c1-8-25-20-45(25,63(58,59)22-30-31(47)15-16-32(48)38(30)46)53-40(55)36-18-28(21-54(36)41(56)39(44(4,5)6)52-43(57)62-26-11-9-10-12-26)61-37-19-34(35-23-64-42(51-35)49-24(2)3)50-33-17-27(60-7)13-14-29(33)37/h8,13-17,19,23-26,28,36,39H,1,9-12,18,20-22H2,2-7H3,(H,49,51)(H,52,57)(H,53,55)(H,58,59)/t25-,28-,36+,39?,45+/m1/s1. The van der Waals surface area contributed by atoms with Gasteiger partial charge in [-0.15, -0.1) is 17.9 Å².